The number of nitrogens with one attached hydrogen (secondary N) is 1. The molecule has 0 saturated heterocycles. The highest BCUT2D eigenvalue weighted by molar-refractivity contribution is 6.03. The molecule has 188 valence electrons. The molecule has 0 bridgehead atoms. The lowest BCUT2D eigenvalue weighted by Crippen LogP contribution is -2.28. The molecule has 5 nitrogen and oxygen atoms in total. The zero-order valence-corrected chi connectivity index (χ0v) is 19.9. The maximum atomic E-state index is 12.8. The fourth-order valence-electron chi connectivity index (χ4n) is 3.33. The molecule has 0 fully saturated rings. The van der Waals surface area contributed by atoms with Crippen LogP contribution in [0.15, 0.2) is 65.3 Å². The average molecular weight is 473 g/mol. The summed E-state index contributed by atoms with van der Waals surface area (Å²) in [6.07, 6.45) is 7.01. The number of nitrogens with zero attached hydrogens (tertiary/aromatic N) is 1. The highest BCUT2D eigenvalue weighted by Crippen LogP contribution is 2.22. The van der Waals surface area contributed by atoms with E-state index in [1.807, 2.05) is 38.1 Å². The van der Waals surface area contributed by atoms with E-state index in [-0.39, 0.29) is 27.2 Å². The zero-order valence-electron chi connectivity index (χ0n) is 19.9. The van der Waals surface area contributed by atoms with Crippen molar-refractivity contribution in [3.63, 3.8) is 0 Å². The standard InChI is InChI=1S/C25H29FN2O3.C2H6.CH4.H2/c1-30-23-13-8-20(9-14-23)24-15-12-22(28-24)5-3-2-4-16-27-25(29)18-31-17-19-6-10-21(26)11-7-19;1-2;;/h6-14H,2-5,15-18H2,1H3,(H,27,29);1-2H3;1H4;1H. The van der Waals surface area contributed by atoms with Crippen molar-refractivity contribution in [2.75, 3.05) is 20.3 Å². The van der Waals surface area contributed by atoms with E-state index in [1.165, 1.54) is 12.1 Å². The molecular weight excluding hydrogens is 431 g/mol. The lowest BCUT2D eigenvalue weighted by Gasteiger charge is -2.07. The molecule has 1 heterocycles. The predicted molar refractivity (Wildman–Crippen MR) is 140 cm³/mol. The van der Waals surface area contributed by atoms with Gasteiger partial charge in [0.05, 0.1) is 19.4 Å². The Balaban J connectivity index is 0.00000282. The van der Waals surface area contributed by atoms with Gasteiger partial charge >= 0.3 is 0 Å². The third kappa shape index (κ3) is 10.3. The van der Waals surface area contributed by atoms with E-state index in [0.717, 1.165) is 60.4 Å². The number of amides is 1. The van der Waals surface area contributed by atoms with E-state index in [9.17, 15) is 9.18 Å². The molecule has 0 atom stereocenters. The van der Waals surface area contributed by atoms with Crippen LogP contribution in [0.5, 0.6) is 5.75 Å². The van der Waals surface area contributed by atoms with Gasteiger partial charge in [-0.05, 0) is 66.8 Å². The van der Waals surface area contributed by atoms with Crippen molar-refractivity contribution in [1.29, 1.82) is 0 Å². The van der Waals surface area contributed by atoms with E-state index in [0.29, 0.717) is 13.2 Å². The zero-order chi connectivity index (χ0) is 23.9. The third-order valence-corrected chi connectivity index (χ3v) is 5.08. The minimum atomic E-state index is -0.282. The molecule has 3 rings (SSSR count). The summed E-state index contributed by atoms with van der Waals surface area (Å²) in [5, 5.41) is 2.87. The Morgan fingerprint density at radius 2 is 1.76 bits per heavy atom. The Morgan fingerprint density at radius 1 is 1.06 bits per heavy atom. The molecule has 0 radical (unpaired) electrons. The Labute approximate surface area is 205 Å². The summed E-state index contributed by atoms with van der Waals surface area (Å²) in [4.78, 5) is 16.6. The number of allylic oxidation sites excluding steroid dienone is 2. The van der Waals surface area contributed by atoms with Crippen LogP contribution in [0.3, 0.4) is 0 Å². The Morgan fingerprint density at radius 3 is 2.44 bits per heavy atom. The predicted octanol–water partition coefficient (Wildman–Crippen LogP) is 6.71. The number of unbranched alkanes of at least 4 members (excludes halogenated alkanes) is 2. The number of aliphatic imine (C=N–C) groups is 1. The first-order chi connectivity index (χ1) is 16.1. The number of ether oxygens (including phenoxy) is 2. The van der Waals surface area contributed by atoms with Gasteiger partial charge in [0.25, 0.3) is 0 Å². The normalized spacial score (nSPS) is 12.0. The van der Waals surface area contributed by atoms with Crippen molar-refractivity contribution < 1.29 is 20.1 Å². The Kier molecular flexibility index (Phi) is 14.2. The number of rotatable bonds is 12. The van der Waals surface area contributed by atoms with Gasteiger partial charge in [0.1, 0.15) is 18.2 Å². The lowest BCUT2D eigenvalue weighted by molar-refractivity contribution is -0.126. The van der Waals surface area contributed by atoms with Crippen molar-refractivity contribution in [1.82, 2.24) is 5.32 Å². The molecule has 0 saturated carbocycles. The van der Waals surface area contributed by atoms with Crippen LogP contribution < -0.4 is 10.1 Å². The molecule has 2 aromatic rings. The second kappa shape index (κ2) is 16.6. The fourth-order valence-corrected chi connectivity index (χ4v) is 3.33. The molecule has 34 heavy (non-hydrogen) atoms. The van der Waals surface area contributed by atoms with Gasteiger partial charge in [0.15, 0.2) is 0 Å². The summed E-state index contributed by atoms with van der Waals surface area (Å²) in [5.74, 6) is 0.437. The van der Waals surface area contributed by atoms with Crippen LogP contribution in [0.4, 0.5) is 4.39 Å². The number of halogens is 1. The van der Waals surface area contributed by atoms with Crippen LogP contribution in [0.25, 0.3) is 0 Å². The molecule has 1 aliphatic rings. The van der Waals surface area contributed by atoms with Crippen LogP contribution in [-0.2, 0) is 16.1 Å². The van der Waals surface area contributed by atoms with E-state index in [1.54, 1.807) is 19.2 Å². The maximum absolute atomic E-state index is 12.8. The van der Waals surface area contributed by atoms with E-state index in [4.69, 9.17) is 14.5 Å². The molecule has 1 aliphatic heterocycles. The third-order valence-electron chi connectivity index (χ3n) is 5.08. The summed E-state index contributed by atoms with van der Waals surface area (Å²) < 4.78 is 23.4. The molecule has 0 aromatic heterocycles. The summed E-state index contributed by atoms with van der Waals surface area (Å²) in [6.45, 7) is 4.94. The molecule has 1 N–H and O–H groups in total. The summed E-state index contributed by atoms with van der Waals surface area (Å²) >= 11 is 0. The fraction of sp³-hybridized carbons (Fsp3) is 0.429. The van der Waals surface area contributed by atoms with Crippen LogP contribution in [0.2, 0.25) is 0 Å². The van der Waals surface area contributed by atoms with Crippen molar-refractivity contribution in [3.05, 3.63) is 77.2 Å². The monoisotopic (exact) mass is 472 g/mol. The van der Waals surface area contributed by atoms with Crippen molar-refractivity contribution >= 4 is 11.6 Å². The van der Waals surface area contributed by atoms with Gasteiger partial charge < -0.3 is 14.8 Å². The molecule has 1 amide bonds. The molecule has 0 unspecified atom stereocenters. The van der Waals surface area contributed by atoms with E-state index >= 15 is 0 Å². The highest BCUT2D eigenvalue weighted by Gasteiger charge is 2.11. The van der Waals surface area contributed by atoms with Gasteiger partial charge in [-0.3, -0.25) is 9.79 Å². The minimum Gasteiger partial charge on any atom is -0.497 e. The van der Waals surface area contributed by atoms with Crippen LogP contribution >= 0.6 is 0 Å². The number of hydrogen-bond donors (Lipinski definition) is 1. The minimum absolute atomic E-state index is 0. The van der Waals surface area contributed by atoms with Gasteiger partial charge in [-0.2, -0.15) is 0 Å². The average Bonchev–Trinajstić information content (AvgIpc) is 3.33. The van der Waals surface area contributed by atoms with Gasteiger partial charge in [-0.1, -0.05) is 45.9 Å². The quantitative estimate of drug-likeness (QED) is 0.349. The maximum Gasteiger partial charge on any atom is 0.246 e. The first-order valence-corrected chi connectivity index (χ1v) is 11.6. The highest BCUT2D eigenvalue weighted by atomic mass is 19.1. The van der Waals surface area contributed by atoms with E-state index in [2.05, 4.69) is 11.4 Å². The first-order valence-electron chi connectivity index (χ1n) is 11.6. The molecule has 0 aliphatic carbocycles. The first kappa shape index (κ1) is 29.0. The van der Waals surface area contributed by atoms with Crippen LogP contribution in [-0.4, -0.2) is 31.9 Å². The van der Waals surface area contributed by atoms with Crippen LogP contribution in [0, 0.1) is 5.82 Å². The number of carbonyl (C=O) groups excluding carboxylic acids is 1. The van der Waals surface area contributed by atoms with Gasteiger partial charge in [0.2, 0.25) is 5.91 Å². The van der Waals surface area contributed by atoms with Crippen molar-refractivity contribution in [3.8, 4) is 5.75 Å². The Hall–Kier alpha value is -2.99. The summed E-state index contributed by atoms with van der Waals surface area (Å²) in [6, 6.07) is 14.1. The van der Waals surface area contributed by atoms with E-state index < -0.39 is 0 Å². The topological polar surface area (TPSA) is 59.9 Å². The SMILES string of the molecule is C.CC.COc1ccc(C2=NC(CCCCCNC(=O)COCc3ccc(F)cc3)=CC2)cc1.[HH]. The summed E-state index contributed by atoms with van der Waals surface area (Å²) in [5.41, 5.74) is 4.22. The van der Waals surface area contributed by atoms with Crippen molar-refractivity contribution in [2.45, 2.75) is 60.0 Å². The lowest BCUT2D eigenvalue weighted by atomic mass is 10.1. The number of carbonyl (C=O) groups is 1. The number of hydrogen-bond acceptors (Lipinski definition) is 4. The Bertz CT molecular complexity index is 913. The number of benzene rings is 2. The second-order valence-corrected chi connectivity index (χ2v) is 7.47. The van der Waals surface area contributed by atoms with Gasteiger partial charge in [-0.25, -0.2) is 4.39 Å². The molecule has 6 heteroatoms. The molecule has 0 spiro atoms. The summed E-state index contributed by atoms with van der Waals surface area (Å²) in [7, 11) is 1.66. The molecular formula is C28H41FN2O3. The number of methoxy groups -OCH3 is 1. The van der Waals surface area contributed by atoms with Gasteiger partial charge in [-0.15, -0.1) is 0 Å². The molecule has 2 aromatic carbocycles. The van der Waals surface area contributed by atoms with Gasteiger partial charge in [0, 0.05) is 20.1 Å². The second-order valence-electron chi connectivity index (χ2n) is 7.47. The van der Waals surface area contributed by atoms with Crippen molar-refractivity contribution in [2.24, 2.45) is 4.99 Å². The smallest absolute Gasteiger partial charge is 0.246 e. The van der Waals surface area contributed by atoms with Crippen LogP contribution in [0.1, 0.15) is 65.9 Å². The largest absolute Gasteiger partial charge is 0.497 e.